The summed E-state index contributed by atoms with van der Waals surface area (Å²) in [6.07, 6.45) is 4.72. The first-order valence-electron chi connectivity index (χ1n) is 7.77. The van der Waals surface area contributed by atoms with Crippen LogP contribution in [0.3, 0.4) is 0 Å². The third kappa shape index (κ3) is 3.44. The number of carbonyl (C=O) groups is 2. The van der Waals surface area contributed by atoms with Gasteiger partial charge >= 0.3 is 0 Å². The summed E-state index contributed by atoms with van der Waals surface area (Å²) in [5.41, 5.74) is 0.900. The maximum absolute atomic E-state index is 12.6. The summed E-state index contributed by atoms with van der Waals surface area (Å²) in [6, 6.07) is 3.54. The molecule has 2 aromatic heterocycles. The van der Waals surface area contributed by atoms with Crippen LogP contribution in [0.25, 0.3) is 0 Å². The molecule has 1 aliphatic heterocycles. The van der Waals surface area contributed by atoms with Gasteiger partial charge in [-0.25, -0.2) is 4.98 Å². The molecule has 6 nitrogen and oxygen atoms in total. The first-order chi connectivity index (χ1) is 11.2. The van der Waals surface area contributed by atoms with E-state index in [1.165, 1.54) is 0 Å². The molecule has 0 radical (unpaired) electrons. The van der Waals surface area contributed by atoms with Crippen molar-refractivity contribution < 1.29 is 9.59 Å². The highest BCUT2D eigenvalue weighted by Gasteiger charge is 2.31. The van der Waals surface area contributed by atoms with E-state index in [0.29, 0.717) is 26.1 Å². The van der Waals surface area contributed by atoms with Gasteiger partial charge in [0.15, 0.2) is 0 Å². The quantitative estimate of drug-likeness (QED) is 0.910. The Morgan fingerprint density at radius 2 is 2.35 bits per heavy atom. The van der Waals surface area contributed by atoms with E-state index in [2.05, 4.69) is 10.3 Å². The maximum Gasteiger partial charge on any atom is 0.245 e. The lowest BCUT2D eigenvalue weighted by atomic mass is 10.1. The molecule has 0 unspecified atom stereocenters. The summed E-state index contributed by atoms with van der Waals surface area (Å²) in [4.78, 5) is 31.8. The summed E-state index contributed by atoms with van der Waals surface area (Å²) >= 11 is 1.61. The lowest BCUT2D eigenvalue weighted by Crippen LogP contribution is -2.46. The Hall–Kier alpha value is -2.15. The molecule has 0 aliphatic carbocycles. The molecule has 2 amide bonds. The van der Waals surface area contributed by atoms with E-state index in [4.69, 9.17) is 0 Å². The molecule has 0 spiro atoms. The highest BCUT2D eigenvalue weighted by atomic mass is 32.1. The van der Waals surface area contributed by atoms with Crippen LogP contribution < -0.4 is 5.32 Å². The van der Waals surface area contributed by atoms with E-state index >= 15 is 0 Å². The van der Waals surface area contributed by atoms with Gasteiger partial charge in [0.05, 0.1) is 31.7 Å². The number of aromatic nitrogens is 2. The van der Waals surface area contributed by atoms with E-state index in [0.717, 1.165) is 17.0 Å². The first-order valence-corrected chi connectivity index (χ1v) is 8.65. The van der Waals surface area contributed by atoms with Crippen molar-refractivity contribution in [3.8, 4) is 0 Å². The zero-order valence-electron chi connectivity index (χ0n) is 13.1. The largest absolute Gasteiger partial charge is 0.349 e. The van der Waals surface area contributed by atoms with Gasteiger partial charge in [-0.05, 0) is 17.9 Å². The molecule has 2 aromatic rings. The van der Waals surface area contributed by atoms with Gasteiger partial charge < -0.3 is 14.8 Å². The van der Waals surface area contributed by atoms with Crippen molar-refractivity contribution in [1.82, 2.24) is 19.8 Å². The molecular formula is C16H20N4O2S. The van der Waals surface area contributed by atoms with Crippen LogP contribution in [0.15, 0.2) is 30.0 Å². The molecule has 23 heavy (non-hydrogen) atoms. The van der Waals surface area contributed by atoms with Crippen LogP contribution in [0.2, 0.25) is 0 Å². The van der Waals surface area contributed by atoms with Gasteiger partial charge in [0.1, 0.15) is 6.04 Å². The average molecular weight is 332 g/mol. The number of carbonyl (C=O) groups excluding carboxylic acids is 2. The van der Waals surface area contributed by atoms with Crippen LogP contribution in [0, 0.1) is 0 Å². The van der Waals surface area contributed by atoms with Crippen LogP contribution in [0.1, 0.15) is 36.4 Å². The average Bonchev–Trinajstić information content (AvgIpc) is 3.22. The third-order valence-electron chi connectivity index (χ3n) is 3.96. The molecule has 0 bridgehead atoms. The highest BCUT2D eigenvalue weighted by Crippen LogP contribution is 2.22. The summed E-state index contributed by atoms with van der Waals surface area (Å²) in [5, 5.41) is 4.95. The zero-order chi connectivity index (χ0) is 16.2. The molecule has 3 heterocycles. The van der Waals surface area contributed by atoms with Gasteiger partial charge in [-0.1, -0.05) is 13.0 Å². The minimum absolute atomic E-state index is 0.0772. The number of amides is 2. The number of nitrogens with one attached hydrogen (secondary N) is 1. The highest BCUT2D eigenvalue weighted by molar-refractivity contribution is 7.09. The van der Waals surface area contributed by atoms with Gasteiger partial charge in [0.25, 0.3) is 0 Å². The van der Waals surface area contributed by atoms with Crippen LogP contribution >= 0.6 is 11.3 Å². The first kappa shape index (κ1) is 15.7. The SMILES string of the molecule is CCCC(=O)N1Cc2cncn2[C@@H](C(=O)NCc2cccs2)C1. The Kier molecular flexibility index (Phi) is 4.76. The van der Waals surface area contributed by atoms with Gasteiger partial charge in [0, 0.05) is 17.5 Å². The van der Waals surface area contributed by atoms with E-state index in [1.807, 2.05) is 29.0 Å². The normalized spacial score (nSPS) is 16.9. The van der Waals surface area contributed by atoms with Crippen LogP contribution in [-0.2, 0) is 22.7 Å². The number of thiophene rings is 1. The predicted octanol–water partition coefficient (Wildman–Crippen LogP) is 1.94. The lowest BCUT2D eigenvalue weighted by molar-refractivity contribution is -0.135. The van der Waals surface area contributed by atoms with Crippen molar-refractivity contribution >= 4 is 23.2 Å². The van der Waals surface area contributed by atoms with Gasteiger partial charge in [-0.15, -0.1) is 11.3 Å². The van der Waals surface area contributed by atoms with E-state index in [1.54, 1.807) is 28.8 Å². The van der Waals surface area contributed by atoms with Crippen LogP contribution in [0.5, 0.6) is 0 Å². The topological polar surface area (TPSA) is 67.2 Å². The van der Waals surface area contributed by atoms with Gasteiger partial charge in [0.2, 0.25) is 11.8 Å². The van der Waals surface area contributed by atoms with Crippen molar-refractivity contribution in [3.63, 3.8) is 0 Å². The number of rotatable bonds is 5. The molecular weight excluding hydrogens is 312 g/mol. The predicted molar refractivity (Wildman–Crippen MR) is 87.8 cm³/mol. The van der Waals surface area contributed by atoms with Crippen molar-refractivity contribution in [3.05, 3.63) is 40.6 Å². The number of hydrogen-bond acceptors (Lipinski definition) is 4. The lowest BCUT2D eigenvalue weighted by Gasteiger charge is -2.33. The van der Waals surface area contributed by atoms with E-state index in [-0.39, 0.29) is 11.8 Å². The van der Waals surface area contributed by atoms with Gasteiger partial charge in [-0.2, -0.15) is 0 Å². The summed E-state index contributed by atoms with van der Waals surface area (Å²) in [7, 11) is 0. The third-order valence-corrected chi connectivity index (χ3v) is 4.84. The second kappa shape index (κ2) is 6.95. The number of fused-ring (bicyclic) bond motifs is 1. The molecule has 1 aliphatic rings. The standard InChI is InChI=1S/C16H20N4O2S/c1-2-4-15(21)19-9-12-7-17-11-20(12)14(10-19)16(22)18-8-13-5-3-6-23-13/h3,5-7,11,14H,2,4,8-10H2,1H3,(H,18,22)/t14-/m1/s1. The minimum atomic E-state index is -0.415. The summed E-state index contributed by atoms with van der Waals surface area (Å²) in [5.74, 6) is 0.0163. The molecule has 1 atom stereocenters. The van der Waals surface area contributed by atoms with Crippen LogP contribution in [0.4, 0.5) is 0 Å². The number of nitrogens with zero attached hydrogens (tertiary/aromatic N) is 3. The van der Waals surface area contributed by atoms with Crippen LogP contribution in [-0.4, -0.2) is 32.8 Å². The fourth-order valence-electron chi connectivity index (χ4n) is 2.77. The number of hydrogen-bond donors (Lipinski definition) is 1. The molecule has 1 N–H and O–H groups in total. The molecule has 7 heteroatoms. The fraction of sp³-hybridized carbons (Fsp3) is 0.438. The molecule has 0 fully saturated rings. The minimum Gasteiger partial charge on any atom is -0.349 e. The summed E-state index contributed by atoms with van der Waals surface area (Å²) in [6.45, 7) is 3.42. The molecule has 0 saturated heterocycles. The monoisotopic (exact) mass is 332 g/mol. The Morgan fingerprint density at radius 3 is 3.09 bits per heavy atom. The fourth-order valence-corrected chi connectivity index (χ4v) is 3.41. The smallest absolute Gasteiger partial charge is 0.245 e. The van der Waals surface area contributed by atoms with Gasteiger partial charge in [-0.3, -0.25) is 9.59 Å². The molecule has 0 aromatic carbocycles. The Balaban J connectivity index is 1.72. The maximum atomic E-state index is 12.6. The van der Waals surface area contributed by atoms with E-state index < -0.39 is 6.04 Å². The Morgan fingerprint density at radius 1 is 1.48 bits per heavy atom. The Labute approximate surface area is 139 Å². The number of imidazole rings is 1. The van der Waals surface area contributed by atoms with E-state index in [9.17, 15) is 9.59 Å². The molecule has 0 saturated carbocycles. The molecule has 122 valence electrons. The second-order valence-corrected chi connectivity index (χ2v) is 6.66. The van der Waals surface area contributed by atoms with Crippen molar-refractivity contribution in [2.45, 2.75) is 38.9 Å². The Bertz CT molecular complexity index is 680. The second-order valence-electron chi connectivity index (χ2n) is 5.63. The summed E-state index contributed by atoms with van der Waals surface area (Å²) < 4.78 is 1.87. The zero-order valence-corrected chi connectivity index (χ0v) is 13.9. The molecule has 3 rings (SSSR count). The van der Waals surface area contributed by atoms with Crippen molar-refractivity contribution in [2.24, 2.45) is 0 Å². The van der Waals surface area contributed by atoms with Crippen molar-refractivity contribution in [1.29, 1.82) is 0 Å². The van der Waals surface area contributed by atoms with Crippen molar-refractivity contribution in [2.75, 3.05) is 6.54 Å².